The van der Waals surface area contributed by atoms with Gasteiger partial charge in [-0.2, -0.15) is 0 Å². The monoisotopic (exact) mass is 402 g/mol. The maximum Gasteiger partial charge on any atom is 0.260 e. The van der Waals surface area contributed by atoms with Gasteiger partial charge in [0.05, 0.1) is 5.69 Å². The Hall–Kier alpha value is -2.22. The zero-order valence-electron chi connectivity index (χ0n) is 11.5. The predicted molar refractivity (Wildman–Crippen MR) is 93.2 cm³/mol. The summed E-state index contributed by atoms with van der Waals surface area (Å²) in [4.78, 5) is 20.9. The zero-order valence-corrected chi connectivity index (χ0v) is 13.6. The second-order valence-corrected chi connectivity index (χ2v) is 6.22. The van der Waals surface area contributed by atoms with Gasteiger partial charge in [0.2, 0.25) is 0 Å². The molecule has 4 rings (SSSR count). The lowest BCUT2D eigenvalue weighted by molar-refractivity contribution is -0.122. The third kappa shape index (κ3) is 2.19. The van der Waals surface area contributed by atoms with E-state index in [4.69, 9.17) is 4.99 Å². The number of carbonyl (C=O) groups is 1. The lowest BCUT2D eigenvalue weighted by Crippen LogP contribution is -2.55. The molecule has 0 unspecified atom stereocenters. The summed E-state index contributed by atoms with van der Waals surface area (Å²) in [6.07, 6.45) is 0. The van der Waals surface area contributed by atoms with Gasteiger partial charge in [0.25, 0.3) is 5.91 Å². The number of amidine groups is 2. The molecule has 1 N–H and O–H groups in total. The van der Waals surface area contributed by atoms with E-state index in [1.54, 1.807) is 5.01 Å². The molecule has 0 aliphatic carbocycles. The summed E-state index contributed by atoms with van der Waals surface area (Å²) in [7, 11) is 0. The Bertz CT molecular complexity index is 829. The van der Waals surface area contributed by atoms with Crippen LogP contribution in [0.5, 0.6) is 0 Å². The SMILES string of the molecule is O=C1CN=C2c3cc(I)ccc3N=C(c3ccccc3)N2N1. The number of hydrogen-bond donors (Lipinski definition) is 1. The van der Waals surface area contributed by atoms with Gasteiger partial charge in [-0.05, 0) is 40.8 Å². The highest BCUT2D eigenvalue weighted by Gasteiger charge is 2.31. The van der Waals surface area contributed by atoms with Gasteiger partial charge < -0.3 is 0 Å². The van der Waals surface area contributed by atoms with Crippen molar-refractivity contribution in [2.75, 3.05) is 6.54 Å². The quantitative estimate of drug-likeness (QED) is 0.746. The van der Waals surface area contributed by atoms with Crippen molar-refractivity contribution in [1.82, 2.24) is 10.4 Å². The molecule has 108 valence electrons. The molecule has 2 aromatic carbocycles. The summed E-state index contributed by atoms with van der Waals surface area (Å²) in [5.74, 6) is 1.28. The van der Waals surface area contributed by atoms with Gasteiger partial charge in [-0.25, -0.2) is 10.0 Å². The Morgan fingerprint density at radius 3 is 2.73 bits per heavy atom. The number of benzene rings is 2. The molecule has 0 fully saturated rings. The molecule has 6 heteroatoms. The van der Waals surface area contributed by atoms with Gasteiger partial charge >= 0.3 is 0 Å². The van der Waals surface area contributed by atoms with E-state index in [-0.39, 0.29) is 12.5 Å². The number of amides is 1. The fraction of sp³-hybridized carbons (Fsp3) is 0.0625. The maximum absolute atomic E-state index is 11.8. The van der Waals surface area contributed by atoms with Crippen molar-refractivity contribution in [2.24, 2.45) is 9.98 Å². The van der Waals surface area contributed by atoms with E-state index in [1.807, 2.05) is 48.5 Å². The molecule has 0 radical (unpaired) electrons. The standard InChI is InChI=1S/C16H11IN4O/c17-11-6-7-13-12(8-11)16-18-9-14(22)20-21(16)15(19-13)10-4-2-1-3-5-10/h1-8H,9H2,(H,20,22). The topological polar surface area (TPSA) is 57.1 Å². The molecular weight excluding hydrogens is 391 g/mol. The van der Waals surface area contributed by atoms with Crippen LogP contribution in [0.15, 0.2) is 58.5 Å². The zero-order chi connectivity index (χ0) is 15.1. The average molecular weight is 402 g/mol. The van der Waals surface area contributed by atoms with Gasteiger partial charge in [-0.15, -0.1) is 0 Å². The Balaban J connectivity index is 1.94. The summed E-state index contributed by atoms with van der Waals surface area (Å²) >= 11 is 2.26. The summed E-state index contributed by atoms with van der Waals surface area (Å²) in [5, 5.41) is 1.68. The molecule has 2 aliphatic heterocycles. The number of carbonyl (C=O) groups excluding carboxylic acids is 1. The largest absolute Gasteiger partial charge is 0.271 e. The number of hydrogen-bond acceptors (Lipinski definition) is 4. The van der Waals surface area contributed by atoms with Gasteiger partial charge in [-0.1, -0.05) is 30.3 Å². The maximum atomic E-state index is 11.8. The summed E-state index contributed by atoms with van der Waals surface area (Å²) < 4.78 is 1.11. The van der Waals surface area contributed by atoms with Crippen molar-refractivity contribution in [3.63, 3.8) is 0 Å². The first-order chi connectivity index (χ1) is 10.7. The van der Waals surface area contributed by atoms with E-state index < -0.39 is 0 Å². The minimum absolute atomic E-state index is 0.138. The molecule has 2 heterocycles. The fourth-order valence-electron chi connectivity index (χ4n) is 2.52. The highest BCUT2D eigenvalue weighted by Crippen LogP contribution is 2.30. The van der Waals surface area contributed by atoms with Crippen LogP contribution in [0.2, 0.25) is 0 Å². The highest BCUT2D eigenvalue weighted by atomic mass is 127. The Kier molecular flexibility index (Phi) is 3.18. The van der Waals surface area contributed by atoms with E-state index in [2.05, 4.69) is 33.0 Å². The number of nitrogens with one attached hydrogen (secondary N) is 1. The molecule has 0 saturated carbocycles. The Labute approximate surface area is 140 Å². The molecule has 2 aromatic rings. The van der Waals surface area contributed by atoms with Gasteiger partial charge in [0, 0.05) is 14.7 Å². The molecular formula is C16H11IN4O. The van der Waals surface area contributed by atoms with Crippen LogP contribution in [0.3, 0.4) is 0 Å². The Morgan fingerprint density at radius 1 is 1.09 bits per heavy atom. The van der Waals surface area contributed by atoms with Crippen LogP contribution in [0.25, 0.3) is 0 Å². The van der Waals surface area contributed by atoms with E-state index in [0.717, 1.165) is 26.2 Å². The normalized spacial score (nSPS) is 16.2. The fourth-order valence-corrected chi connectivity index (χ4v) is 3.01. The van der Waals surface area contributed by atoms with Crippen LogP contribution in [-0.4, -0.2) is 29.1 Å². The number of nitrogens with zero attached hydrogens (tertiary/aromatic N) is 3. The number of fused-ring (bicyclic) bond motifs is 3. The second-order valence-electron chi connectivity index (χ2n) is 4.97. The first-order valence-electron chi connectivity index (χ1n) is 6.80. The molecule has 0 aromatic heterocycles. The highest BCUT2D eigenvalue weighted by molar-refractivity contribution is 14.1. The molecule has 0 spiro atoms. The third-order valence-corrected chi connectivity index (χ3v) is 4.16. The van der Waals surface area contributed by atoms with Crippen molar-refractivity contribution in [1.29, 1.82) is 0 Å². The van der Waals surface area contributed by atoms with Gasteiger partial charge in [0.1, 0.15) is 6.54 Å². The summed E-state index contributed by atoms with van der Waals surface area (Å²) in [5.41, 5.74) is 5.59. The van der Waals surface area contributed by atoms with Crippen molar-refractivity contribution in [3.8, 4) is 0 Å². The molecule has 5 nitrogen and oxygen atoms in total. The lowest BCUT2D eigenvalue weighted by Gasteiger charge is -2.34. The number of rotatable bonds is 1. The average Bonchev–Trinajstić information content (AvgIpc) is 2.55. The van der Waals surface area contributed by atoms with E-state index in [0.29, 0.717) is 5.84 Å². The molecule has 0 atom stereocenters. The van der Waals surface area contributed by atoms with Crippen molar-refractivity contribution in [3.05, 3.63) is 63.2 Å². The summed E-state index contributed by atoms with van der Waals surface area (Å²) in [6.45, 7) is 0.138. The van der Waals surface area contributed by atoms with Crippen LogP contribution in [-0.2, 0) is 4.79 Å². The molecule has 22 heavy (non-hydrogen) atoms. The number of halogens is 1. The van der Waals surface area contributed by atoms with E-state index in [9.17, 15) is 4.79 Å². The van der Waals surface area contributed by atoms with Crippen LogP contribution in [0.4, 0.5) is 5.69 Å². The van der Waals surface area contributed by atoms with Crippen LogP contribution in [0, 0.1) is 3.57 Å². The predicted octanol–water partition coefficient (Wildman–Crippen LogP) is 2.48. The van der Waals surface area contributed by atoms with Gasteiger partial charge in [-0.3, -0.25) is 15.2 Å². The smallest absolute Gasteiger partial charge is 0.260 e. The van der Waals surface area contributed by atoms with E-state index in [1.165, 1.54) is 0 Å². The van der Waals surface area contributed by atoms with Crippen molar-refractivity contribution < 1.29 is 4.79 Å². The summed E-state index contributed by atoms with van der Waals surface area (Å²) in [6, 6.07) is 15.8. The van der Waals surface area contributed by atoms with Crippen LogP contribution >= 0.6 is 22.6 Å². The van der Waals surface area contributed by atoms with Gasteiger partial charge in [0.15, 0.2) is 11.7 Å². The minimum Gasteiger partial charge on any atom is -0.271 e. The van der Waals surface area contributed by atoms with Crippen LogP contribution < -0.4 is 5.43 Å². The van der Waals surface area contributed by atoms with Crippen molar-refractivity contribution >= 4 is 45.9 Å². The second kappa shape index (κ2) is 5.20. The lowest BCUT2D eigenvalue weighted by atomic mass is 10.1. The minimum atomic E-state index is -0.138. The first kappa shape index (κ1) is 13.4. The number of hydrazine groups is 1. The van der Waals surface area contributed by atoms with Crippen LogP contribution in [0.1, 0.15) is 11.1 Å². The first-order valence-corrected chi connectivity index (χ1v) is 7.88. The molecule has 2 aliphatic rings. The number of aliphatic imine (C=N–C) groups is 2. The Morgan fingerprint density at radius 2 is 1.91 bits per heavy atom. The van der Waals surface area contributed by atoms with Crippen molar-refractivity contribution in [2.45, 2.75) is 0 Å². The molecule has 1 amide bonds. The molecule has 0 bridgehead atoms. The van der Waals surface area contributed by atoms with E-state index >= 15 is 0 Å². The third-order valence-electron chi connectivity index (χ3n) is 3.49. The molecule has 0 saturated heterocycles.